The summed E-state index contributed by atoms with van der Waals surface area (Å²) >= 11 is 0. The second kappa shape index (κ2) is 7.40. The molecule has 104 valence electrons. The zero-order valence-corrected chi connectivity index (χ0v) is 11.4. The summed E-state index contributed by atoms with van der Waals surface area (Å²) in [5.74, 6) is -0.0559. The molecule has 0 unspecified atom stereocenters. The Hall–Kier alpha value is -2.20. The number of pyridine rings is 1. The second-order valence-corrected chi connectivity index (χ2v) is 4.64. The van der Waals surface area contributed by atoms with Crippen LogP contribution in [0.5, 0.6) is 0 Å². The third kappa shape index (κ3) is 4.48. The Labute approximate surface area is 119 Å². The molecule has 1 heterocycles. The third-order valence-corrected chi connectivity index (χ3v) is 2.95. The molecule has 0 saturated heterocycles. The number of aryl methyl sites for hydroxylation is 1. The molecule has 1 aromatic heterocycles. The SMILES string of the molecule is NCCCc1ccnc(CC(=O)Nc2ccccc2)c1. The second-order valence-electron chi connectivity index (χ2n) is 4.64. The van der Waals surface area contributed by atoms with Gasteiger partial charge in [-0.3, -0.25) is 9.78 Å². The monoisotopic (exact) mass is 269 g/mol. The van der Waals surface area contributed by atoms with Gasteiger partial charge in [-0.05, 0) is 49.2 Å². The lowest BCUT2D eigenvalue weighted by molar-refractivity contribution is -0.115. The van der Waals surface area contributed by atoms with E-state index in [9.17, 15) is 4.79 Å². The molecular formula is C16H19N3O. The summed E-state index contributed by atoms with van der Waals surface area (Å²) in [4.78, 5) is 16.2. The fraction of sp³-hybridized carbons (Fsp3) is 0.250. The van der Waals surface area contributed by atoms with Crippen LogP contribution < -0.4 is 11.1 Å². The first kappa shape index (κ1) is 14.2. The molecule has 0 fully saturated rings. The van der Waals surface area contributed by atoms with Crippen molar-refractivity contribution < 1.29 is 4.79 Å². The summed E-state index contributed by atoms with van der Waals surface area (Å²) in [6.45, 7) is 0.673. The molecule has 0 radical (unpaired) electrons. The van der Waals surface area contributed by atoms with Crippen molar-refractivity contribution >= 4 is 11.6 Å². The van der Waals surface area contributed by atoms with Gasteiger partial charge in [0.1, 0.15) is 0 Å². The van der Waals surface area contributed by atoms with Gasteiger partial charge in [-0.1, -0.05) is 18.2 Å². The molecule has 0 aliphatic heterocycles. The zero-order chi connectivity index (χ0) is 14.2. The van der Waals surface area contributed by atoms with Gasteiger partial charge in [0.15, 0.2) is 0 Å². The van der Waals surface area contributed by atoms with Crippen molar-refractivity contribution in [3.8, 4) is 0 Å². The maximum Gasteiger partial charge on any atom is 0.230 e. The van der Waals surface area contributed by atoms with Crippen molar-refractivity contribution in [2.45, 2.75) is 19.3 Å². The van der Waals surface area contributed by atoms with Crippen LogP contribution in [0, 0.1) is 0 Å². The molecule has 0 aliphatic carbocycles. The molecule has 2 aromatic rings. The van der Waals surface area contributed by atoms with Gasteiger partial charge in [-0.25, -0.2) is 0 Å². The summed E-state index contributed by atoms with van der Waals surface area (Å²) in [6, 6.07) is 13.4. The summed E-state index contributed by atoms with van der Waals surface area (Å²) in [7, 11) is 0. The van der Waals surface area contributed by atoms with Crippen LogP contribution in [0.4, 0.5) is 5.69 Å². The molecule has 0 saturated carbocycles. The predicted molar refractivity (Wildman–Crippen MR) is 80.4 cm³/mol. The van der Waals surface area contributed by atoms with Crippen LogP contribution in [0.2, 0.25) is 0 Å². The number of aromatic nitrogens is 1. The van der Waals surface area contributed by atoms with Crippen molar-refractivity contribution in [1.29, 1.82) is 0 Å². The number of rotatable bonds is 6. The maximum absolute atomic E-state index is 11.9. The lowest BCUT2D eigenvalue weighted by Crippen LogP contribution is -2.15. The topological polar surface area (TPSA) is 68.0 Å². The van der Waals surface area contributed by atoms with Crippen LogP contribution in [-0.4, -0.2) is 17.4 Å². The van der Waals surface area contributed by atoms with E-state index in [0.29, 0.717) is 6.54 Å². The first-order valence-corrected chi connectivity index (χ1v) is 6.76. The lowest BCUT2D eigenvalue weighted by atomic mass is 10.1. The van der Waals surface area contributed by atoms with Crippen LogP contribution in [0.15, 0.2) is 48.7 Å². The fourth-order valence-corrected chi connectivity index (χ4v) is 1.98. The number of amides is 1. The van der Waals surface area contributed by atoms with E-state index in [-0.39, 0.29) is 12.3 Å². The first-order chi connectivity index (χ1) is 9.78. The molecule has 0 spiro atoms. The largest absolute Gasteiger partial charge is 0.330 e. The van der Waals surface area contributed by atoms with Crippen LogP contribution in [0.3, 0.4) is 0 Å². The summed E-state index contributed by atoms with van der Waals surface area (Å²) < 4.78 is 0. The van der Waals surface area contributed by atoms with Crippen LogP contribution in [0.1, 0.15) is 17.7 Å². The van der Waals surface area contributed by atoms with E-state index in [1.165, 1.54) is 5.56 Å². The highest BCUT2D eigenvalue weighted by Gasteiger charge is 2.05. The number of nitrogens with two attached hydrogens (primary N) is 1. The number of carbonyl (C=O) groups excluding carboxylic acids is 1. The number of nitrogens with one attached hydrogen (secondary N) is 1. The summed E-state index contributed by atoms with van der Waals surface area (Å²) in [5, 5.41) is 2.85. The predicted octanol–water partition coefficient (Wildman–Crippen LogP) is 2.15. The number of benzene rings is 1. The molecule has 4 nitrogen and oxygen atoms in total. The number of hydrogen-bond donors (Lipinski definition) is 2. The minimum Gasteiger partial charge on any atom is -0.330 e. The molecule has 0 aliphatic rings. The van der Waals surface area contributed by atoms with Crippen molar-refractivity contribution in [3.05, 3.63) is 59.9 Å². The average Bonchev–Trinajstić information content (AvgIpc) is 2.46. The molecular weight excluding hydrogens is 250 g/mol. The lowest BCUT2D eigenvalue weighted by Gasteiger charge is -2.06. The summed E-state index contributed by atoms with van der Waals surface area (Å²) in [6.07, 6.45) is 3.90. The third-order valence-electron chi connectivity index (χ3n) is 2.95. The standard InChI is InChI=1S/C16H19N3O/c17-9-4-5-13-8-10-18-15(11-13)12-16(20)19-14-6-2-1-3-7-14/h1-3,6-8,10-11H,4-5,9,12,17H2,(H,19,20). The minimum absolute atomic E-state index is 0.0559. The number of nitrogens with zero attached hydrogens (tertiary/aromatic N) is 1. The van der Waals surface area contributed by atoms with Gasteiger partial charge in [-0.2, -0.15) is 0 Å². The van der Waals surface area contributed by atoms with Gasteiger partial charge in [-0.15, -0.1) is 0 Å². The van der Waals surface area contributed by atoms with E-state index in [0.717, 1.165) is 24.2 Å². The Morgan fingerprint density at radius 2 is 2.00 bits per heavy atom. The molecule has 4 heteroatoms. The van der Waals surface area contributed by atoms with E-state index in [1.54, 1.807) is 6.20 Å². The quantitative estimate of drug-likeness (QED) is 0.844. The van der Waals surface area contributed by atoms with Crippen molar-refractivity contribution in [2.75, 3.05) is 11.9 Å². The highest BCUT2D eigenvalue weighted by Crippen LogP contribution is 2.08. The van der Waals surface area contributed by atoms with Crippen LogP contribution >= 0.6 is 0 Å². The molecule has 2 rings (SSSR count). The van der Waals surface area contributed by atoms with Gasteiger partial charge in [0.25, 0.3) is 0 Å². The number of hydrogen-bond acceptors (Lipinski definition) is 3. The molecule has 1 amide bonds. The molecule has 3 N–H and O–H groups in total. The van der Waals surface area contributed by atoms with E-state index in [4.69, 9.17) is 5.73 Å². The molecule has 0 bridgehead atoms. The zero-order valence-electron chi connectivity index (χ0n) is 11.4. The van der Waals surface area contributed by atoms with Gasteiger partial charge < -0.3 is 11.1 Å². The van der Waals surface area contributed by atoms with Gasteiger partial charge in [0, 0.05) is 17.6 Å². The van der Waals surface area contributed by atoms with Gasteiger partial charge in [0.05, 0.1) is 6.42 Å². The highest BCUT2D eigenvalue weighted by molar-refractivity contribution is 5.91. The molecule has 1 aromatic carbocycles. The maximum atomic E-state index is 11.9. The first-order valence-electron chi connectivity index (χ1n) is 6.76. The smallest absolute Gasteiger partial charge is 0.230 e. The van der Waals surface area contributed by atoms with Crippen LogP contribution in [-0.2, 0) is 17.6 Å². The number of para-hydroxylation sites is 1. The fourth-order valence-electron chi connectivity index (χ4n) is 1.98. The number of carbonyl (C=O) groups is 1. The van der Waals surface area contributed by atoms with Crippen LogP contribution in [0.25, 0.3) is 0 Å². The van der Waals surface area contributed by atoms with E-state index in [1.807, 2.05) is 42.5 Å². The Balaban J connectivity index is 1.94. The van der Waals surface area contributed by atoms with Crippen molar-refractivity contribution in [1.82, 2.24) is 4.98 Å². The highest BCUT2D eigenvalue weighted by atomic mass is 16.1. The minimum atomic E-state index is -0.0559. The molecule has 20 heavy (non-hydrogen) atoms. The normalized spacial score (nSPS) is 10.2. The van der Waals surface area contributed by atoms with E-state index >= 15 is 0 Å². The summed E-state index contributed by atoms with van der Waals surface area (Å²) in [5.41, 5.74) is 8.26. The van der Waals surface area contributed by atoms with Gasteiger partial charge in [0.2, 0.25) is 5.91 Å². The van der Waals surface area contributed by atoms with E-state index in [2.05, 4.69) is 10.3 Å². The Kier molecular flexibility index (Phi) is 5.26. The number of anilines is 1. The Bertz CT molecular complexity index is 555. The molecule has 0 atom stereocenters. The Morgan fingerprint density at radius 1 is 1.20 bits per heavy atom. The van der Waals surface area contributed by atoms with Crippen molar-refractivity contribution in [3.63, 3.8) is 0 Å². The average molecular weight is 269 g/mol. The van der Waals surface area contributed by atoms with Gasteiger partial charge >= 0.3 is 0 Å². The van der Waals surface area contributed by atoms with Crippen molar-refractivity contribution in [2.24, 2.45) is 5.73 Å². The Morgan fingerprint density at radius 3 is 2.75 bits per heavy atom. The van der Waals surface area contributed by atoms with E-state index < -0.39 is 0 Å².